The second-order valence-corrected chi connectivity index (χ2v) is 5.48. The van der Waals surface area contributed by atoms with Gasteiger partial charge in [-0.3, -0.25) is 0 Å². The Morgan fingerprint density at radius 2 is 2.00 bits per heavy atom. The van der Waals surface area contributed by atoms with Gasteiger partial charge in [0.15, 0.2) is 0 Å². The molecule has 1 aliphatic rings. The molecule has 0 saturated heterocycles. The van der Waals surface area contributed by atoms with Crippen molar-refractivity contribution >= 4 is 11.8 Å². The van der Waals surface area contributed by atoms with Crippen LogP contribution in [0.4, 0.5) is 11.8 Å². The van der Waals surface area contributed by atoms with Gasteiger partial charge in [-0.2, -0.15) is 4.98 Å². The summed E-state index contributed by atoms with van der Waals surface area (Å²) in [7, 11) is 0. The van der Waals surface area contributed by atoms with E-state index in [0.717, 1.165) is 30.4 Å². The van der Waals surface area contributed by atoms with Crippen LogP contribution in [0.25, 0.3) is 0 Å². The van der Waals surface area contributed by atoms with Crippen LogP contribution < -0.4 is 10.6 Å². The molecule has 1 saturated carbocycles. The molecule has 0 radical (unpaired) electrons. The maximum absolute atomic E-state index is 4.57. The Morgan fingerprint density at radius 1 is 1.21 bits per heavy atom. The van der Waals surface area contributed by atoms with Gasteiger partial charge in [-0.25, -0.2) is 4.98 Å². The lowest BCUT2D eigenvalue weighted by molar-refractivity contribution is 0.462. The molecule has 4 heteroatoms. The number of hydrogen-bond donors (Lipinski definition) is 2. The molecule has 0 unspecified atom stereocenters. The second-order valence-electron chi connectivity index (χ2n) is 5.48. The number of nitrogens with zero attached hydrogens (tertiary/aromatic N) is 2. The Balaban J connectivity index is 1.95. The summed E-state index contributed by atoms with van der Waals surface area (Å²) in [5, 5.41) is 6.86. The van der Waals surface area contributed by atoms with Crippen LogP contribution in [-0.4, -0.2) is 22.6 Å². The number of rotatable bonds is 6. The van der Waals surface area contributed by atoms with Crippen molar-refractivity contribution in [3.8, 4) is 0 Å². The highest BCUT2D eigenvalue weighted by Gasteiger charge is 2.14. The fourth-order valence-electron chi connectivity index (χ4n) is 2.55. The van der Waals surface area contributed by atoms with Gasteiger partial charge in [0.2, 0.25) is 5.95 Å². The molecule has 4 nitrogen and oxygen atoms in total. The van der Waals surface area contributed by atoms with Crippen molar-refractivity contribution in [1.82, 2.24) is 9.97 Å². The summed E-state index contributed by atoms with van der Waals surface area (Å²) in [6.07, 6.45) is 8.93. The minimum Gasteiger partial charge on any atom is -0.367 e. The normalized spacial score (nSPS) is 16.3. The number of aromatic nitrogens is 2. The minimum atomic E-state index is 0.589. The van der Waals surface area contributed by atoms with Crippen molar-refractivity contribution in [2.45, 2.75) is 64.8 Å². The zero-order chi connectivity index (χ0) is 13.5. The van der Waals surface area contributed by atoms with E-state index < -0.39 is 0 Å². The van der Waals surface area contributed by atoms with E-state index >= 15 is 0 Å². The number of aryl methyl sites for hydroxylation is 1. The van der Waals surface area contributed by atoms with E-state index in [1.54, 1.807) is 0 Å². The molecule has 1 aliphatic carbocycles. The lowest BCUT2D eigenvalue weighted by Crippen LogP contribution is -2.23. The molecule has 0 bridgehead atoms. The van der Waals surface area contributed by atoms with Crippen molar-refractivity contribution in [2.24, 2.45) is 0 Å². The average molecular weight is 262 g/mol. The van der Waals surface area contributed by atoms with Crippen LogP contribution in [0.1, 0.15) is 57.6 Å². The average Bonchev–Trinajstić information content (AvgIpc) is 2.39. The summed E-state index contributed by atoms with van der Waals surface area (Å²) >= 11 is 0. The topological polar surface area (TPSA) is 49.8 Å². The highest BCUT2D eigenvalue weighted by atomic mass is 15.1. The largest absolute Gasteiger partial charge is 0.367 e. The maximum atomic E-state index is 4.57. The first-order valence-corrected chi connectivity index (χ1v) is 7.64. The Hall–Kier alpha value is -1.32. The molecule has 0 aromatic carbocycles. The Labute approximate surface area is 116 Å². The second kappa shape index (κ2) is 7.31. The molecule has 19 heavy (non-hydrogen) atoms. The van der Waals surface area contributed by atoms with Gasteiger partial charge >= 0.3 is 0 Å². The maximum Gasteiger partial charge on any atom is 0.224 e. The van der Waals surface area contributed by atoms with Crippen molar-refractivity contribution < 1.29 is 0 Å². The van der Waals surface area contributed by atoms with Crippen molar-refractivity contribution in [3.05, 3.63) is 11.8 Å². The van der Waals surface area contributed by atoms with Gasteiger partial charge in [0, 0.05) is 24.3 Å². The van der Waals surface area contributed by atoms with E-state index in [0.29, 0.717) is 6.04 Å². The van der Waals surface area contributed by atoms with Crippen molar-refractivity contribution in [1.29, 1.82) is 0 Å². The summed E-state index contributed by atoms with van der Waals surface area (Å²) in [5.41, 5.74) is 1.02. The van der Waals surface area contributed by atoms with Gasteiger partial charge in [0.1, 0.15) is 5.82 Å². The fourth-order valence-corrected chi connectivity index (χ4v) is 2.55. The van der Waals surface area contributed by atoms with Crippen LogP contribution in [0.3, 0.4) is 0 Å². The number of anilines is 2. The number of nitrogens with one attached hydrogen (secondary N) is 2. The zero-order valence-electron chi connectivity index (χ0n) is 12.2. The molecule has 2 rings (SSSR count). The fraction of sp³-hybridized carbons (Fsp3) is 0.733. The molecule has 1 heterocycles. The first-order valence-electron chi connectivity index (χ1n) is 7.64. The Morgan fingerprint density at radius 3 is 2.74 bits per heavy atom. The third-order valence-corrected chi connectivity index (χ3v) is 3.62. The van der Waals surface area contributed by atoms with Crippen molar-refractivity contribution in [3.63, 3.8) is 0 Å². The lowest BCUT2D eigenvalue weighted by Gasteiger charge is -2.23. The number of unbranched alkanes of at least 4 members (excludes halogenated alkanes) is 1. The Kier molecular flexibility index (Phi) is 5.43. The SMILES string of the molecule is CCCCNc1nc(C)cc(NC2CCCCC2)n1. The molecule has 1 aromatic rings. The summed E-state index contributed by atoms with van der Waals surface area (Å²) < 4.78 is 0. The van der Waals surface area contributed by atoms with Crippen LogP contribution >= 0.6 is 0 Å². The quantitative estimate of drug-likeness (QED) is 0.767. The summed E-state index contributed by atoms with van der Waals surface area (Å²) in [5.74, 6) is 1.73. The van der Waals surface area contributed by atoms with Gasteiger partial charge < -0.3 is 10.6 Å². The smallest absolute Gasteiger partial charge is 0.224 e. The Bertz CT molecular complexity index is 386. The van der Waals surface area contributed by atoms with E-state index in [1.807, 2.05) is 13.0 Å². The van der Waals surface area contributed by atoms with Crippen molar-refractivity contribution in [2.75, 3.05) is 17.2 Å². The van der Waals surface area contributed by atoms with Gasteiger partial charge in [0.25, 0.3) is 0 Å². The molecule has 1 fully saturated rings. The third-order valence-electron chi connectivity index (χ3n) is 3.62. The standard InChI is InChI=1S/C15H26N4/c1-3-4-10-16-15-17-12(2)11-14(19-15)18-13-8-6-5-7-9-13/h11,13H,3-10H2,1-2H3,(H2,16,17,18,19). The molecule has 0 amide bonds. The van der Waals surface area contributed by atoms with Crippen LogP contribution in [0.15, 0.2) is 6.07 Å². The van der Waals surface area contributed by atoms with E-state index in [-0.39, 0.29) is 0 Å². The first kappa shape index (κ1) is 14.1. The van der Waals surface area contributed by atoms with E-state index in [9.17, 15) is 0 Å². The summed E-state index contributed by atoms with van der Waals surface area (Å²) in [6.45, 7) is 5.16. The molecule has 2 N–H and O–H groups in total. The number of hydrogen-bond acceptors (Lipinski definition) is 4. The van der Waals surface area contributed by atoms with E-state index in [2.05, 4.69) is 27.5 Å². The van der Waals surface area contributed by atoms with Gasteiger partial charge in [0.05, 0.1) is 0 Å². The van der Waals surface area contributed by atoms with Crippen LogP contribution in [0.5, 0.6) is 0 Å². The van der Waals surface area contributed by atoms with E-state index in [1.165, 1.54) is 38.5 Å². The van der Waals surface area contributed by atoms with E-state index in [4.69, 9.17) is 0 Å². The highest BCUT2D eigenvalue weighted by Crippen LogP contribution is 2.21. The van der Waals surface area contributed by atoms with Gasteiger partial charge in [-0.15, -0.1) is 0 Å². The minimum absolute atomic E-state index is 0.589. The summed E-state index contributed by atoms with van der Waals surface area (Å²) in [6, 6.07) is 2.63. The lowest BCUT2D eigenvalue weighted by atomic mass is 9.95. The van der Waals surface area contributed by atoms with Gasteiger partial charge in [-0.1, -0.05) is 32.6 Å². The molecule has 0 atom stereocenters. The highest BCUT2D eigenvalue weighted by molar-refractivity contribution is 5.42. The third kappa shape index (κ3) is 4.69. The molecule has 1 aromatic heterocycles. The molecule has 0 aliphatic heterocycles. The monoisotopic (exact) mass is 262 g/mol. The van der Waals surface area contributed by atoms with Crippen LogP contribution in [0, 0.1) is 6.92 Å². The molecule has 0 spiro atoms. The molecular weight excluding hydrogens is 236 g/mol. The molecule has 106 valence electrons. The molecular formula is C15H26N4. The predicted octanol–water partition coefficient (Wildman–Crippen LogP) is 3.74. The van der Waals surface area contributed by atoms with Gasteiger partial charge in [-0.05, 0) is 26.2 Å². The predicted molar refractivity (Wildman–Crippen MR) is 80.7 cm³/mol. The summed E-state index contributed by atoms with van der Waals surface area (Å²) in [4.78, 5) is 9.00. The zero-order valence-corrected chi connectivity index (χ0v) is 12.2. The first-order chi connectivity index (χ1) is 9.28. The van der Waals surface area contributed by atoms with Crippen LogP contribution in [0.2, 0.25) is 0 Å². The van der Waals surface area contributed by atoms with Crippen LogP contribution in [-0.2, 0) is 0 Å².